The van der Waals surface area contributed by atoms with Crippen molar-refractivity contribution in [2.24, 2.45) is 17.4 Å². The second kappa shape index (κ2) is 5.05. The van der Waals surface area contributed by atoms with Gasteiger partial charge in [-0.25, -0.2) is 0 Å². The Morgan fingerprint density at radius 1 is 1.11 bits per heavy atom. The minimum atomic E-state index is 0.345. The molecule has 5 nitrogen and oxygen atoms in total. The molecule has 1 unspecified atom stereocenters. The smallest absolute Gasteiger partial charge is 0.312 e. The van der Waals surface area contributed by atoms with Crippen LogP contribution in [0.5, 0.6) is 0 Å². The van der Waals surface area contributed by atoms with Crippen molar-refractivity contribution in [3.05, 3.63) is 0 Å². The average Bonchev–Trinajstić information content (AvgIpc) is 2.36. The highest BCUT2D eigenvalue weighted by molar-refractivity contribution is 5.69. The van der Waals surface area contributed by atoms with E-state index in [1.807, 2.05) is 0 Å². The maximum absolute atomic E-state index is 5.43. The van der Waals surface area contributed by atoms with Gasteiger partial charge < -0.3 is 8.97 Å². The average molecular weight is 256 g/mol. The van der Waals surface area contributed by atoms with E-state index in [1.165, 1.54) is 61.2 Å². The van der Waals surface area contributed by atoms with Crippen LogP contribution in [0, 0.1) is 5.92 Å². The molecule has 3 saturated heterocycles. The number of hydrogen-bond acceptors (Lipinski definition) is 0. The molecule has 0 aromatic heterocycles. The molecule has 0 spiro atoms. The summed E-state index contributed by atoms with van der Waals surface area (Å²) >= 11 is 0. The third-order valence-electron chi connectivity index (χ3n) is 5.09. The fraction of sp³-hybridized carbons (Fsp3) is 0.923. The normalized spacial score (nSPS) is 36.3. The summed E-state index contributed by atoms with van der Waals surface area (Å²) in [7, 11) is 2.42. The Hall–Kier alpha value is -0.810. The number of quaternary nitrogens is 2. The number of hydrogen-bond donors (Lipinski definition) is 3. The van der Waals surface area contributed by atoms with Crippen molar-refractivity contribution in [2.75, 3.05) is 59.4 Å². The van der Waals surface area contributed by atoms with Crippen LogP contribution in [0.15, 0.2) is 0 Å². The third-order valence-corrected chi connectivity index (χ3v) is 5.09. The number of piperazine rings is 3. The van der Waals surface area contributed by atoms with Crippen LogP contribution in [0.2, 0.25) is 0 Å². The molecule has 3 fully saturated rings. The van der Waals surface area contributed by atoms with E-state index in [0.717, 1.165) is 6.54 Å². The molecule has 0 radical (unpaired) electrons. The van der Waals surface area contributed by atoms with Crippen molar-refractivity contribution in [3.8, 4) is 0 Å². The van der Waals surface area contributed by atoms with Gasteiger partial charge in [-0.05, 0) is 5.92 Å². The van der Waals surface area contributed by atoms with Crippen LogP contribution in [0.4, 0.5) is 0 Å². The summed E-state index contributed by atoms with van der Waals surface area (Å²) < 4.78 is 2.68. The zero-order chi connectivity index (χ0) is 13.2. The molecule has 3 rings (SSSR count). The Morgan fingerprint density at radius 2 is 1.67 bits per heavy atom. The van der Waals surface area contributed by atoms with Crippen molar-refractivity contribution in [1.82, 2.24) is 0 Å². The first-order valence-corrected chi connectivity index (χ1v) is 7.24. The fourth-order valence-electron chi connectivity index (χ4n) is 3.26. The lowest BCUT2D eigenvalue weighted by Gasteiger charge is -2.54. The molecular formula is C13H30N5+3. The molecule has 5 N–H and O–H groups in total. The van der Waals surface area contributed by atoms with Crippen molar-refractivity contribution >= 4 is 5.96 Å². The van der Waals surface area contributed by atoms with E-state index in [9.17, 15) is 0 Å². The topological polar surface area (TPSA) is 66.0 Å². The molecule has 0 amide bonds. The minimum Gasteiger partial charge on any atom is -0.312 e. The van der Waals surface area contributed by atoms with Gasteiger partial charge in [0.15, 0.2) is 0 Å². The van der Waals surface area contributed by atoms with Gasteiger partial charge in [-0.2, -0.15) is 0 Å². The van der Waals surface area contributed by atoms with Gasteiger partial charge in [-0.15, -0.1) is 0 Å². The van der Waals surface area contributed by atoms with Crippen molar-refractivity contribution < 1.29 is 14.0 Å². The number of nitrogens with two attached hydrogens (primary N) is 2. The first-order valence-electron chi connectivity index (χ1n) is 7.24. The molecule has 0 aliphatic carbocycles. The van der Waals surface area contributed by atoms with Gasteiger partial charge in [0, 0.05) is 6.42 Å². The Morgan fingerprint density at radius 3 is 2.17 bits per heavy atom. The predicted molar refractivity (Wildman–Crippen MR) is 73.5 cm³/mol. The highest BCUT2D eigenvalue weighted by Crippen LogP contribution is 2.25. The molecule has 2 bridgehead atoms. The zero-order valence-electron chi connectivity index (χ0n) is 12.0. The van der Waals surface area contributed by atoms with Gasteiger partial charge >= 0.3 is 5.96 Å². The molecule has 104 valence electrons. The summed E-state index contributed by atoms with van der Waals surface area (Å²) in [6.45, 7) is 12.7. The van der Waals surface area contributed by atoms with Crippen LogP contribution in [-0.4, -0.2) is 74.3 Å². The number of rotatable bonds is 5. The molecule has 3 aliphatic heterocycles. The molecule has 0 aromatic carbocycles. The van der Waals surface area contributed by atoms with E-state index >= 15 is 0 Å². The first kappa shape index (κ1) is 13.6. The summed E-state index contributed by atoms with van der Waals surface area (Å²) in [5.74, 6) is 0.988. The van der Waals surface area contributed by atoms with E-state index in [0.29, 0.717) is 11.9 Å². The molecule has 0 aromatic rings. The van der Waals surface area contributed by atoms with Gasteiger partial charge in [0.05, 0.1) is 20.1 Å². The van der Waals surface area contributed by atoms with Crippen LogP contribution in [0.3, 0.4) is 0 Å². The van der Waals surface area contributed by atoms with Crippen LogP contribution < -0.4 is 16.5 Å². The number of fused-ring (bicyclic) bond motifs is 3. The monoisotopic (exact) mass is 256 g/mol. The second-order valence-corrected chi connectivity index (χ2v) is 6.76. The van der Waals surface area contributed by atoms with Gasteiger partial charge in [0.25, 0.3) is 0 Å². The SMILES string of the molecule is CC(CC[N+]12CC[N+](C)(CC1)CC2)C[NH+]=C(N)N. The minimum absolute atomic E-state index is 0.345. The predicted octanol–water partition coefficient (Wildman–Crippen LogP) is -2.34. The first-order chi connectivity index (χ1) is 8.43. The number of guanidine groups is 1. The molecule has 5 heteroatoms. The van der Waals surface area contributed by atoms with Gasteiger partial charge in [0.1, 0.15) is 39.3 Å². The summed E-state index contributed by atoms with van der Waals surface area (Å²) in [5, 5.41) is 0. The molecule has 0 saturated carbocycles. The van der Waals surface area contributed by atoms with Crippen LogP contribution in [-0.2, 0) is 0 Å². The summed E-state index contributed by atoms with van der Waals surface area (Å²) in [5.41, 5.74) is 10.9. The maximum atomic E-state index is 5.43. The summed E-state index contributed by atoms with van der Waals surface area (Å²) in [6.07, 6.45) is 1.27. The number of nitrogens with zero attached hydrogens (tertiary/aromatic N) is 2. The Balaban J connectivity index is 1.78. The highest BCUT2D eigenvalue weighted by atomic mass is 15.5. The van der Waals surface area contributed by atoms with Crippen LogP contribution >= 0.6 is 0 Å². The Labute approximate surface area is 111 Å². The van der Waals surface area contributed by atoms with E-state index in [-0.39, 0.29) is 0 Å². The van der Waals surface area contributed by atoms with E-state index in [4.69, 9.17) is 11.5 Å². The highest BCUT2D eigenvalue weighted by Gasteiger charge is 2.46. The Bertz CT molecular complexity index is 297. The molecule has 18 heavy (non-hydrogen) atoms. The van der Waals surface area contributed by atoms with Crippen molar-refractivity contribution in [1.29, 1.82) is 0 Å². The molecular weight excluding hydrogens is 226 g/mol. The van der Waals surface area contributed by atoms with Crippen molar-refractivity contribution in [3.63, 3.8) is 0 Å². The van der Waals surface area contributed by atoms with Gasteiger partial charge in [-0.1, -0.05) is 6.92 Å². The fourth-order valence-corrected chi connectivity index (χ4v) is 3.26. The standard InChI is InChI=1S/C13H29N5/c1-12(11-16-13(14)15)3-4-18-8-5-17(2,6-9-18)7-10-18/h12H,3-11H2,1-2H3,(H4,14,15,16)/q+2/p+1. The summed E-state index contributed by atoms with van der Waals surface area (Å²) in [4.78, 5) is 3.04. The van der Waals surface area contributed by atoms with Gasteiger partial charge in [0.2, 0.25) is 0 Å². The molecule has 1 atom stereocenters. The van der Waals surface area contributed by atoms with Crippen LogP contribution in [0.25, 0.3) is 0 Å². The van der Waals surface area contributed by atoms with E-state index in [1.54, 1.807) is 0 Å². The maximum Gasteiger partial charge on any atom is 0.338 e. The third kappa shape index (κ3) is 3.14. The summed E-state index contributed by atoms with van der Waals surface area (Å²) in [6, 6.07) is 0. The van der Waals surface area contributed by atoms with Crippen LogP contribution in [0.1, 0.15) is 13.3 Å². The van der Waals surface area contributed by atoms with Gasteiger partial charge in [-0.3, -0.25) is 16.5 Å². The van der Waals surface area contributed by atoms with Crippen molar-refractivity contribution in [2.45, 2.75) is 13.3 Å². The van der Waals surface area contributed by atoms with E-state index < -0.39 is 0 Å². The number of likely N-dealkylation sites (N-methyl/N-ethyl adjacent to an activating group) is 1. The number of nitrogens with one attached hydrogen (secondary N) is 1. The lowest BCUT2D eigenvalue weighted by atomic mass is 10.0. The lowest BCUT2D eigenvalue weighted by Crippen LogP contribution is -2.79. The second-order valence-electron chi connectivity index (χ2n) is 6.76. The lowest BCUT2D eigenvalue weighted by molar-refractivity contribution is -1.07. The largest absolute Gasteiger partial charge is 0.338 e. The quantitative estimate of drug-likeness (QED) is 0.293. The molecule has 3 heterocycles. The molecule has 3 aliphatic rings. The zero-order valence-corrected chi connectivity index (χ0v) is 12.0. The van der Waals surface area contributed by atoms with E-state index in [2.05, 4.69) is 19.0 Å². The Kier molecular flexibility index (Phi) is 3.82.